The van der Waals surface area contributed by atoms with Crippen molar-refractivity contribution in [3.8, 4) is 23.3 Å². The molecule has 1 unspecified atom stereocenters. The van der Waals surface area contributed by atoms with Gasteiger partial charge in [0, 0.05) is 16.5 Å². The number of hydrogen-bond donors (Lipinski definition) is 1. The Kier molecular flexibility index (Phi) is 5.79. The van der Waals surface area contributed by atoms with E-state index < -0.39 is 5.92 Å². The van der Waals surface area contributed by atoms with Crippen LogP contribution < -0.4 is 11.3 Å². The summed E-state index contributed by atoms with van der Waals surface area (Å²) in [4.78, 5) is 18.3. The van der Waals surface area contributed by atoms with Crippen molar-refractivity contribution < 1.29 is 9.15 Å². The molecule has 1 aliphatic heterocycles. The largest absolute Gasteiger partial charge is 0.461 e. The quantitative estimate of drug-likeness (QED) is 0.306. The van der Waals surface area contributed by atoms with Gasteiger partial charge in [0.15, 0.2) is 11.6 Å². The Bertz CT molecular complexity index is 1830. The number of aromatic nitrogens is 2. The van der Waals surface area contributed by atoms with Crippen molar-refractivity contribution in [2.45, 2.75) is 5.92 Å². The van der Waals surface area contributed by atoms with Crippen LogP contribution in [0.4, 0.5) is 0 Å². The van der Waals surface area contributed by atoms with Gasteiger partial charge < -0.3 is 14.9 Å². The van der Waals surface area contributed by atoms with Crippen LogP contribution in [0.1, 0.15) is 17.0 Å². The van der Waals surface area contributed by atoms with Crippen molar-refractivity contribution in [3.63, 3.8) is 0 Å². The molecule has 0 bridgehead atoms. The number of para-hydroxylation sites is 1. The zero-order valence-electron chi connectivity index (χ0n) is 19.8. The highest BCUT2D eigenvalue weighted by atomic mass is 35.5. The number of nitrogens with two attached hydrogens (primary N) is 1. The Morgan fingerprint density at radius 1 is 0.974 bits per heavy atom. The predicted octanol–water partition coefficient (Wildman–Crippen LogP) is 6.15. The Hall–Kier alpha value is -5.06. The molecule has 1 atom stereocenters. The summed E-state index contributed by atoms with van der Waals surface area (Å²) in [6.45, 7) is 0. The van der Waals surface area contributed by atoms with Crippen LogP contribution in [0.2, 0.25) is 5.02 Å². The third-order valence-electron chi connectivity index (χ3n) is 6.39. The highest BCUT2D eigenvalue weighted by Gasteiger charge is 2.26. The summed E-state index contributed by atoms with van der Waals surface area (Å²) in [5.74, 6) is 1.03. The maximum absolute atomic E-state index is 13.6. The minimum Gasteiger partial charge on any atom is -0.461 e. The molecule has 38 heavy (non-hydrogen) atoms. The zero-order valence-corrected chi connectivity index (χ0v) is 20.6. The Labute approximate surface area is 222 Å². The first-order chi connectivity index (χ1) is 18.5. The molecule has 5 aromatic rings. The molecule has 7 nitrogen and oxygen atoms in total. The van der Waals surface area contributed by atoms with Crippen LogP contribution in [0.25, 0.3) is 33.9 Å². The molecule has 2 N–H and O–H groups in total. The van der Waals surface area contributed by atoms with Gasteiger partial charge in [0.1, 0.15) is 17.4 Å². The van der Waals surface area contributed by atoms with Gasteiger partial charge in [-0.2, -0.15) is 5.26 Å². The highest BCUT2D eigenvalue weighted by molar-refractivity contribution is 6.30. The number of halogens is 1. The molecule has 0 amide bonds. The monoisotopic (exact) mass is 518 g/mol. The molecule has 0 fully saturated rings. The van der Waals surface area contributed by atoms with Crippen LogP contribution >= 0.6 is 11.6 Å². The molecule has 184 valence electrons. The van der Waals surface area contributed by atoms with E-state index in [1.54, 1.807) is 54.8 Å². The van der Waals surface area contributed by atoms with Gasteiger partial charge in [0.2, 0.25) is 5.88 Å². The SMILES string of the molecule is N#CC1=C(N)OC(c2ccc(-n3c(-c4ccco4)nc4ccccc4c3=O)cc2)=CC1c1ccc(Cl)cc1. The van der Waals surface area contributed by atoms with E-state index in [9.17, 15) is 10.1 Å². The van der Waals surface area contributed by atoms with E-state index in [0.717, 1.165) is 11.1 Å². The van der Waals surface area contributed by atoms with Crippen LogP contribution in [-0.4, -0.2) is 9.55 Å². The van der Waals surface area contributed by atoms with E-state index >= 15 is 0 Å². The standard InChI is InChI=1S/C30H19ClN4O3/c31-20-11-7-18(8-12-20)23-16-27(38-28(33)24(23)17-32)19-9-13-21(14-10-19)35-29(26-6-3-15-37-26)34-25-5-2-1-4-22(25)30(35)36/h1-16,23H,33H2. The molecule has 0 saturated carbocycles. The topological polar surface area (TPSA) is 107 Å². The van der Waals surface area contributed by atoms with Crippen molar-refractivity contribution in [2.75, 3.05) is 0 Å². The van der Waals surface area contributed by atoms with Crippen molar-refractivity contribution >= 4 is 28.3 Å². The third-order valence-corrected chi connectivity index (χ3v) is 6.64. The summed E-state index contributed by atoms with van der Waals surface area (Å²) in [5.41, 5.74) is 9.04. The first kappa shape index (κ1) is 23.3. The summed E-state index contributed by atoms with van der Waals surface area (Å²) in [6.07, 6.45) is 3.40. The summed E-state index contributed by atoms with van der Waals surface area (Å²) < 4.78 is 13.0. The minimum absolute atomic E-state index is 0.0454. The molecule has 0 spiro atoms. The zero-order chi connectivity index (χ0) is 26.2. The fourth-order valence-electron chi connectivity index (χ4n) is 4.53. The lowest BCUT2D eigenvalue weighted by Gasteiger charge is -2.23. The lowest BCUT2D eigenvalue weighted by molar-refractivity contribution is 0.360. The van der Waals surface area contributed by atoms with Gasteiger partial charge in [-0.25, -0.2) is 4.98 Å². The second-order valence-electron chi connectivity index (χ2n) is 8.67. The molecule has 0 radical (unpaired) electrons. The molecule has 8 heteroatoms. The smallest absolute Gasteiger partial charge is 0.266 e. The van der Waals surface area contributed by atoms with E-state index in [1.807, 2.05) is 42.5 Å². The van der Waals surface area contributed by atoms with Gasteiger partial charge in [-0.3, -0.25) is 9.36 Å². The average molecular weight is 519 g/mol. The summed E-state index contributed by atoms with van der Waals surface area (Å²) in [7, 11) is 0. The van der Waals surface area contributed by atoms with Crippen LogP contribution in [-0.2, 0) is 4.74 Å². The third kappa shape index (κ3) is 4.03. The van der Waals surface area contributed by atoms with Gasteiger partial charge in [0.05, 0.1) is 22.9 Å². The molecule has 0 saturated heterocycles. The van der Waals surface area contributed by atoms with Crippen molar-refractivity contribution in [2.24, 2.45) is 5.73 Å². The van der Waals surface area contributed by atoms with Gasteiger partial charge >= 0.3 is 0 Å². The number of fused-ring (bicyclic) bond motifs is 1. The van der Waals surface area contributed by atoms with Crippen LogP contribution in [0.5, 0.6) is 0 Å². The van der Waals surface area contributed by atoms with Gasteiger partial charge in [0.25, 0.3) is 5.56 Å². The molecular weight excluding hydrogens is 500 g/mol. The number of hydrogen-bond acceptors (Lipinski definition) is 6. The Balaban J connectivity index is 1.43. The molecule has 2 aromatic heterocycles. The molecule has 3 aromatic carbocycles. The maximum atomic E-state index is 13.6. The number of nitrogens with zero attached hydrogens (tertiary/aromatic N) is 3. The van der Waals surface area contributed by atoms with Crippen molar-refractivity contribution in [3.05, 3.63) is 135 Å². The van der Waals surface area contributed by atoms with Crippen molar-refractivity contribution in [1.82, 2.24) is 9.55 Å². The van der Waals surface area contributed by atoms with Crippen LogP contribution in [0.15, 0.2) is 118 Å². The van der Waals surface area contributed by atoms with E-state index in [2.05, 4.69) is 6.07 Å². The number of benzene rings is 3. The fourth-order valence-corrected chi connectivity index (χ4v) is 4.65. The second kappa shape index (κ2) is 9.43. The van der Waals surface area contributed by atoms with E-state index in [0.29, 0.717) is 44.5 Å². The molecule has 0 aliphatic carbocycles. The van der Waals surface area contributed by atoms with E-state index in [-0.39, 0.29) is 11.4 Å². The lowest BCUT2D eigenvalue weighted by Crippen LogP contribution is -2.22. The van der Waals surface area contributed by atoms with E-state index in [4.69, 9.17) is 31.5 Å². The number of nitriles is 1. The first-order valence-electron chi connectivity index (χ1n) is 11.7. The molecule has 3 heterocycles. The summed E-state index contributed by atoms with van der Waals surface area (Å²) >= 11 is 6.05. The highest BCUT2D eigenvalue weighted by Crippen LogP contribution is 2.37. The van der Waals surface area contributed by atoms with Gasteiger partial charge in [-0.1, -0.05) is 35.9 Å². The predicted molar refractivity (Wildman–Crippen MR) is 145 cm³/mol. The Morgan fingerprint density at radius 2 is 1.74 bits per heavy atom. The van der Waals surface area contributed by atoms with Gasteiger partial charge in [-0.15, -0.1) is 0 Å². The van der Waals surface area contributed by atoms with E-state index in [1.165, 1.54) is 4.57 Å². The number of ether oxygens (including phenoxy) is 1. The summed E-state index contributed by atoms with van der Waals surface area (Å²) in [5, 5.41) is 10.8. The summed E-state index contributed by atoms with van der Waals surface area (Å²) in [6, 6.07) is 27.4. The van der Waals surface area contributed by atoms with Crippen LogP contribution in [0.3, 0.4) is 0 Å². The van der Waals surface area contributed by atoms with Crippen molar-refractivity contribution in [1.29, 1.82) is 5.26 Å². The Morgan fingerprint density at radius 3 is 2.45 bits per heavy atom. The number of allylic oxidation sites excluding steroid dienone is 2. The fraction of sp³-hybridized carbons (Fsp3) is 0.0333. The maximum Gasteiger partial charge on any atom is 0.266 e. The first-order valence-corrected chi connectivity index (χ1v) is 12.1. The second-order valence-corrected chi connectivity index (χ2v) is 9.11. The lowest BCUT2D eigenvalue weighted by atomic mass is 9.89. The normalized spacial score (nSPS) is 15.2. The average Bonchev–Trinajstić information content (AvgIpc) is 3.48. The number of furan rings is 1. The minimum atomic E-state index is -0.390. The number of rotatable bonds is 4. The van der Waals surface area contributed by atoms with Gasteiger partial charge in [-0.05, 0) is 72.3 Å². The van der Waals surface area contributed by atoms with Crippen LogP contribution in [0, 0.1) is 11.3 Å². The molecular formula is C30H19ClN4O3. The molecule has 1 aliphatic rings. The molecule has 6 rings (SSSR count).